The number of hydrogen-bond acceptors (Lipinski definition) is 2. The summed E-state index contributed by atoms with van der Waals surface area (Å²) in [5.74, 6) is 0.839. The Kier molecular flexibility index (Phi) is 6.15. The van der Waals surface area contributed by atoms with Gasteiger partial charge in [-0.2, -0.15) is 11.3 Å². The fourth-order valence-electron chi connectivity index (χ4n) is 3.09. The minimum Gasteiger partial charge on any atom is -0.542 e. The molecule has 0 radical (unpaired) electrons. The van der Waals surface area contributed by atoms with Crippen LogP contribution in [-0.4, -0.2) is 8.32 Å². The quantitative estimate of drug-likeness (QED) is 0.431. The van der Waals surface area contributed by atoms with Crippen LogP contribution in [0, 0.1) is 0 Å². The maximum atomic E-state index is 6.59. The third-order valence-corrected chi connectivity index (χ3v) is 10.8. The molecule has 0 saturated carbocycles. The molecule has 0 N–H and O–H groups in total. The maximum absolute atomic E-state index is 6.59. The van der Waals surface area contributed by atoms with Crippen LogP contribution >= 0.6 is 22.9 Å². The van der Waals surface area contributed by atoms with Gasteiger partial charge in [0.05, 0.1) is 0 Å². The Morgan fingerprint density at radius 1 is 1.16 bits per heavy atom. The zero-order valence-electron chi connectivity index (χ0n) is 12.7. The molecule has 0 bridgehead atoms. The van der Waals surface area contributed by atoms with Gasteiger partial charge >= 0.3 is 0 Å². The van der Waals surface area contributed by atoms with Crippen molar-refractivity contribution in [3.63, 3.8) is 0 Å². The third-order valence-electron chi connectivity index (χ3n) is 3.90. The van der Waals surface area contributed by atoms with Crippen LogP contribution in [0.3, 0.4) is 0 Å². The van der Waals surface area contributed by atoms with Crippen LogP contribution in [0.2, 0.25) is 16.6 Å². The molecule has 0 aliphatic rings. The molecule has 0 amide bonds. The van der Waals surface area contributed by atoms with E-state index in [4.69, 9.17) is 16.0 Å². The van der Waals surface area contributed by atoms with E-state index in [0.717, 1.165) is 11.3 Å². The van der Waals surface area contributed by atoms with E-state index in [-0.39, 0.29) is 0 Å². The normalized spacial score (nSPS) is 13.7. The molecule has 108 valence electrons. The van der Waals surface area contributed by atoms with Gasteiger partial charge in [0.2, 0.25) is 0 Å². The van der Waals surface area contributed by atoms with E-state index in [1.807, 2.05) is 0 Å². The Morgan fingerprint density at radius 2 is 1.68 bits per heavy atom. The van der Waals surface area contributed by atoms with Crippen molar-refractivity contribution in [2.24, 2.45) is 0 Å². The van der Waals surface area contributed by atoms with Crippen LogP contribution in [0.15, 0.2) is 22.4 Å². The molecule has 0 atom stereocenters. The van der Waals surface area contributed by atoms with E-state index in [2.05, 4.69) is 58.4 Å². The molecule has 0 saturated heterocycles. The van der Waals surface area contributed by atoms with E-state index < -0.39 is 8.32 Å². The lowest BCUT2D eigenvalue weighted by molar-refractivity contribution is 0.445. The van der Waals surface area contributed by atoms with Crippen molar-refractivity contribution in [1.29, 1.82) is 0 Å². The van der Waals surface area contributed by atoms with Gasteiger partial charge in [0, 0.05) is 16.5 Å². The van der Waals surface area contributed by atoms with Gasteiger partial charge in [0.15, 0.2) is 0 Å². The molecule has 0 spiro atoms. The molecule has 19 heavy (non-hydrogen) atoms. The first-order chi connectivity index (χ1) is 8.86. The molecule has 0 aliphatic heterocycles. The van der Waals surface area contributed by atoms with Crippen LogP contribution < -0.4 is 0 Å². The van der Waals surface area contributed by atoms with E-state index in [0.29, 0.717) is 16.6 Å². The zero-order chi connectivity index (χ0) is 14.6. The lowest BCUT2D eigenvalue weighted by Gasteiger charge is -2.42. The minimum absolute atomic E-state index is 0.553. The highest BCUT2D eigenvalue weighted by atomic mass is 35.5. The predicted octanol–water partition coefficient (Wildman–Crippen LogP) is 6.48. The zero-order valence-corrected chi connectivity index (χ0v) is 15.3. The SMILES string of the molecule is CC(C)[Si](O/C(=C/Cl)c1ccsc1)(C(C)C)C(C)C. The van der Waals surface area contributed by atoms with Crippen LogP contribution in [0.5, 0.6) is 0 Å². The average molecular weight is 317 g/mol. The molecule has 0 aliphatic carbocycles. The van der Waals surface area contributed by atoms with Crippen molar-refractivity contribution in [2.45, 2.75) is 58.2 Å². The standard InChI is InChI=1S/C15H25ClOSSi/c1-11(2)19(12(3)4,13(5)6)17-15(9-16)14-7-8-18-10-14/h7-13H,1-6H3/b15-9+. The third kappa shape index (κ3) is 3.44. The highest BCUT2D eigenvalue weighted by Gasteiger charge is 2.47. The largest absolute Gasteiger partial charge is 0.542 e. The van der Waals surface area contributed by atoms with Crippen molar-refractivity contribution >= 4 is 37.0 Å². The number of hydrogen-bond donors (Lipinski definition) is 0. The Balaban J connectivity index is 3.14. The van der Waals surface area contributed by atoms with Crippen molar-refractivity contribution in [3.05, 3.63) is 27.9 Å². The van der Waals surface area contributed by atoms with E-state index in [1.54, 1.807) is 16.9 Å². The summed E-state index contributed by atoms with van der Waals surface area (Å²) in [6.07, 6.45) is 0. The Labute approximate surface area is 127 Å². The van der Waals surface area contributed by atoms with Crippen molar-refractivity contribution in [2.75, 3.05) is 0 Å². The van der Waals surface area contributed by atoms with Gasteiger partial charge in [0.1, 0.15) is 5.76 Å². The second-order valence-corrected chi connectivity index (χ2v) is 12.3. The molecule has 1 rings (SSSR count). The van der Waals surface area contributed by atoms with Crippen LogP contribution in [-0.2, 0) is 4.43 Å². The van der Waals surface area contributed by atoms with E-state index in [9.17, 15) is 0 Å². The first kappa shape index (κ1) is 16.8. The maximum Gasteiger partial charge on any atom is 0.258 e. The Bertz CT molecular complexity index is 388. The molecular weight excluding hydrogens is 292 g/mol. The lowest BCUT2D eigenvalue weighted by Crippen LogP contribution is -2.47. The monoisotopic (exact) mass is 316 g/mol. The average Bonchev–Trinajstić information content (AvgIpc) is 2.82. The molecule has 1 heterocycles. The number of rotatable bonds is 6. The fourth-order valence-corrected chi connectivity index (χ4v) is 9.25. The van der Waals surface area contributed by atoms with Gasteiger partial charge in [-0.15, -0.1) is 0 Å². The van der Waals surface area contributed by atoms with Gasteiger partial charge in [-0.3, -0.25) is 0 Å². The second-order valence-electron chi connectivity index (χ2n) is 5.91. The van der Waals surface area contributed by atoms with E-state index in [1.165, 1.54) is 0 Å². The lowest BCUT2D eigenvalue weighted by atomic mass is 10.3. The van der Waals surface area contributed by atoms with Gasteiger partial charge < -0.3 is 4.43 Å². The molecule has 0 aromatic carbocycles. The molecule has 4 heteroatoms. The van der Waals surface area contributed by atoms with Crippen molar-refractivity contribution in [3.8, 4) is 0 Å². The molecule has 1 aromatic heterocycles. The molecule has 0 fully saturated rings. The molecule has 0 unspecified atom stereocenters. The number of thiophene rings is 1. The summed E-state index contributed by atoms with van der Waals surface area (Å²) < 4.78 is 6.59. The summed E-state index contributed by atoms with van der Waals surface area (Å²) in [7, 11) is -1.92. The first-order valence-electron chi connectivity index (χ1n) is 6.88. The predicted molar refractivity (Wildman–Crippen MR) is 90.3 cm³/mol. The first-order valence-corrected chi connectivity index (χ1v) is 10.4. The number of halogens is 1. The second kappa shape index (κ2) is 6.96. The summed E-state index contributed by atoms with van der Waals surface area (Å²) in [6.45, 7) is 13.7. The van der Waals surface area contributed by atoms with Crippen molar-refractivity contribution < 1.29 is 4.43 Å². The van der Waals surface area contributed by atoms with Gasteiger partial charge in [0.25, 0.3) is 8.32 Å². The highest BCUT2D eigenvalue weighted by molar-refractivity contribution is 7.08. The van der Waals surface area contributed by atoms with Crippen LogP contribution in [0.25, 0.3) is 5.76 Å². The Morgan fingerprint density at radius 3 is 2.00 bits per heavy atom. The summed E-state index contributed by atoms with van der Waals surface area (Å²) in [4.78, 5) is 0. The summed E-state index contributed by atoms with van der Waals surface area (Å²) >= 11 is 7.69. The van der Waals surface area contributed by atoms with Crippen LogP contribution in [0.4, 0.5) is 0 Å². The van der Waals surface area contributed by atoms with Gasteiger partial charge in [-0.1, -0.05) is 53.1 Å². The van der Waals surface area contributed by atoms with E-state index >= 15 is 0 Å². The topological polar surface area (TPSA) is 9.23 Å². The molecule has 1 aromatic rings. The van der Waals surface area contributed by atoms with Gasteiger partial charge in [-0.25, -0.2) is 0 Å². The van der Waals surface area contributed by atoms with Gasteiger partial charge in [-0.05, 0) is 28.1 Å². The summed E-state index contributed by atoms with van der Waals surface area (Å²) in [6, 6.07) is 2.07. The van der Waals surface area contributed by atoms with Crippen molar-refractivity contribution in [1.82, 2.24) is 0 Å². The highest BCUT2D eigenvalue weighted by Crippen LogP contribution is 2.45. The summed E-state index contributed by atoms with van der Waals surface area (Å²) in [5, 5.41) is 4.15. The van der Waals surface area contributed by atoms with Crippen LogP contribution in [0.1, 0.15) is 47.1 Å². The smallest absolute Gasteiger partial charge is 0.258 e. The summed E-state index contributed by atoms with van der Waals surface area (Å²) in [5.41, 5.74) is 4.35. The molecular formula is C15H25ClOSSi. The minimum atomic E-state index is -1.92. The molecule has 1 nitrogen and oxygen atoms in total. The fraction of sp³-hybridized carbons (Fsp3) is 0.600. The Hall–Kier alpha value is -0.253.